The first-order chi connectivity index (χ1) is 15.1. The van der Waals surface area contributed by atoms with Crippen LogP contribution in [0, 0.1) is 0 Å². The number of anilines is 1. The molecule has 1 aromatic carbocycles. The molecule has 31 heavy (non-hydrogen) atoms. The van der Waals surface area contributed by atoms with E-state index in [0.717, 1.165) is 23.2 Å². The Morgan fingerprint density at radius 1 is 1.16 bits per heavy atom. The van der Waals surface area contributed by atoms with E-state index in [1.807, 2.05) is 60.4 Å². The summed E-state index contributed by atoms with van der Waals surface area (Å²) in [5.41, 5.74) is 2.88. The fourth-order valence-electron chi connectivity index (χ4n) is 4.34. The fourth-order valence-corrected chi connectivity index (χ4v) is 4.34. The highest BCUT2D eigenvalue weighted by atomic mass is 16.5. The minimum Gasteiger partial charge on any atom is -0.368 e. The molecule has 1 fully saturated rings. The Hall–Kier alpha value is -3.26. The van der Waals surface area contributed by atoms with Gasteiger partial charge in [-0.05, 0) is 24.8 Å². The Labute approximate surface area is 180 Å². The molecule has 0 unspecified atom stereocenters. The van der Waals surface area contributed by atoms with E-state index in [2.05, 4.69) is 10.1 Å². The molecule has 2 aliphatic rings. The Morgan fingerprint density at radius 3 is 2.68 bits per heavy atom. The number of amides is 1. The van der Waals surface area contributed by atoms with Crippen LogP contribution in [0.15, 0.2) is 47.1 Å². The van der Waals surface area contributed by atoms with Crippen molar-refractivity contribution >= 4 is 11.9 Å². The Bertz CT molecular complexity index is 1090. The maximum atomic E-state index is 13.0. The van der Waals surface area contributed by atoms with Gasteiger partial charge in [0.15, 0.2) is 11.5 Å². The van der Waals surface area contributed by atoms with E-state index in [9.17, 15) is 4.79 Å². The first-order valence-corrected chi connectivity index (χ1v) is 10.5. The zero-order valence-electron chi connectivity index (χ0n) is 17.7. The number of piperidine rings is 1. The quantitative estimate of drug-likeness (QED) is 0.645. The minimum atomic E-state index is -0.461. The number of fused-ring (bicyclic) bond motifs is 2. The van der Waals surface area contributed by atoms with Gasteiger partial charge in [-0.1, -0.05) is 35.5 Å². The summed E-state index contributed by atoms with van der Waals surface area (Å²) in [6.45, 7) is 1.80. The topological polar surface area (TPSA) is 84.6 Å². The molecule has 160 valence electrons. The summed E-state index contributed by atoms with van der Waals surface area (Å²) < 4.78 is 11.7. The van der Waals surface area contributed by atoms with Crippen LogP contribution in [0.25, 0.3) is 11.3 Å². The van der Waals surface area contributed by atoms with Crippen LogP contribution in [-0.2, 0) is 16.8 Å². The van der Waals surface area contributed by atoms with Gasteiger partial charge < -0.3 is 19.1 Å². The lowest BCUT2D eigenvalue weighted by Gasteiger charge is -2.44. The summed E-state index contributed by atoms with van der Waals surface area (Å²) in [5.74, 6) is 1.15. The Morgan fingerprint density at radius 2 is 1.94 bits per heavy atom. The summed E-state index contributed by atoms with van der Waals surface area (Å²) in [5, 5.41) is 4.02. The van der Waals surface area contributed by atoms with Crippen LogP contribution in [0.2, 0.25) is 0 Å². The smallest absolute Gasteiger partial charge is 0.276 e. The maximum Gasteiger partial charge on any atom is 0.276 e. The monoisotopic (exact) mass is 419 g/mol. The maximum absolute atomic E-state index is 13.0. The highest BCUT2D eigenvalue weighted by Gasteiger charge is 2.43. The summed E-state index contributed by atoms with van der Waals surface area (Å²) >= 11 is 0. The van der Waals surface area contributed by atoms with E-state index in [1.165, 1.54) is 0 Å². The number of ether oxygens (including phenoxy) is 1. The number of likely N-dealkylation sites (tertiary alicyclic amines) is 1. The van der Waals surface area contributed by atoms with Crippen LogP contribution < -0.4 is 4.90 Å². The van der Waals surface area contributed by atoms with E-state index in [4.69, 9.17) is 14.2 Å². The second-order valence-corrected chi connectivity index (χ2v) is 8.27. The lowest BCUT2D eigenvalue weighted by molar-refractivity contribution is -0.0967. The number of benzene rings is 1. The highest BCUT2D eigenvalue weighted by molar-refractivity contribution is 5.93. The van der Waals surface area contributed by atoms with Gasteiger partial charge in [0.1, 0.15) is 5.60 Å². The number of carbonyl (C=O) groups excluding carboxylic acids is 1. The predicted octanol–water partition coefficient (Wildman–Crippen LogP) is 2.90. The van der Waals surface area contributed by atoms with Crippen LogP contribution in [0.1, 0.15) is 34.6 Å². The predicted molar refractivity (Wildman–Crippen MR) is 115 cm³/mol. The van der Waals surface area contributed by atoms with Crippen molar-refractivity contribution in [3.63, 3.8) is 0 Å². The van der Waals surface area contributed by atoms with Crippen molar-refractivity contribution in [1.29, 1.82) is 0 Å². The third kappa shape index (κ3) is 3.57. The van der Waals surface area contributed by atoms with Gasteiger partial charge in [-0.2, -0.15) is 0 Å². The van der Waals surface area contributed by atoms with Gasteiger partial charge in [0.05, 0.1) is 12.3 Å². The molecular formula is C23H25N5O3. The minimum absolute atomic E-state index is 0.117. The number of hydrogen-bond acceptors (Lipinski definition) is 7. The first-order valence-electron chi connectivity index (χ1n) is 10.5. The van der Waals surface area contributed by atoms with Crippen LogP contribution in [0.4, 0.5) is 5.95 Å². The average molecular weight is 419 g/mol. The standard InChI is InChI=1S/C23H25N5O3/c1-27(2)22-24-15-17-8-13-30-23(20(17)25-22)9-11-28(12-10-23)21(29)18-14-19(31-26-18)16-6-4-3-5-7-16/h3-7,14-15H,8-13H2,1-2H3. The summed E-state index contributed by atoms with van der Waals surface area (Å²) in [4.78, 5) is 26.0. The molecule has 0 radical (unpaired) electrons. The van der Waals surface area contributed by atoms with Crippen molar-refractivity contribution < 1.29 is 14.1 Å². The van der Waals surface area contributed by atoms with Gasteiger partial charge >= 0.3 is 0 Å². The molecule has 8 nitrogen and oxygen atoms in total. The van der Waals surface area contributed by atoms with Crippen LogP contribution in [0.3, 0.4) is 0 Å². The number of rotatable bonds is 3. The van der Waals surface area contributed by atoms with Crippen LogP contribution in [0.5, 0.6) is 0 Å². The van der Waals surface area contributed by atoms with E-state index in [-0.39, 0.29) is 5.91 Å². The molecule has 4 heterocycles. The average Bonchev–Trinajstić information content (AvgIpc) is 3.30. The zero-order valence-corrected chi connectivity index (χ0v) is 17.7. The van der Waals surface area contributed by atoms with E-state index >= 15 is 0 Å². The first kappa shape index (κ1) is 19.7. The van der Waals surface area contributed by atoms with E-state index in [0.29, 0.717) is 49.9 Å². The van der Waals surface area contributed by atoms with Crippen molar-refractivity contribution in [3.8, 4) is 11.3 Å². The van der Waals surface area contributed by atoms with Crippen molar-refractivity contribution in [2.45, 2.75) is 24.9 Å². The Kier molecular flexibility index (Phi) is 4.94. The molecule has 0 aliphatic carbocycles. The molecule has 2 aliphatic heterocycles. The summed E-state index contributed by atoms with van der Waals surface area (Å²) in [6.07, 6.45) is 4.12. The van der Waals surface area contributed by atoms with Gasteiger partial charge in [-0.3, -0.25) is 4.79 Å². The second-order valence-electron chi connectivity index (χ2n) is 8.27. The molecular weight excluding hydrogens is 394 g/mol. The van der Waals surface area contributed by atoms with Crippen molar-refractivity contribution in [2.24, 2.45) is 0 Å². The molecule has 0 saturated carbocycles. The normalized spacial score (nSPS) is 17.4. The van der Waals surface area contributed by atoms with Crippen molar-refractivity contribution in [1.82, 2.24) is 20.0 Å². The highest BCUT2D eigenvalue weighted by Crippen LogP contribution is 2.41. The molecule has 1 spiro atoms. The van der Waals surface area contributed by atoms with Crippen LogP contribution in [-0.4, -0.2) is 59.7 Å². The molecule has 0 bridgehead atoms. The molecule has 1 saturated heterocycles. The van der Waals surface area contributed by atoms with Crippen molar-refractivity contribution in [2.75, 3.05) is 38.7 Å². The number of aromatic nitrogens is 3. The lowest BCUT2D eigenvalue weighted by Crippen LogP contribution is -2.49. The number of carbonyl (C=O) groups is 1. The Balaban J connectivity index is 1.33. The summed E-state index contributed by atoms with van der Waals surface area (Å²) in [6, 6.07) is 11.4. The number of nitrogens with zero attached hydrogens (tertiary/aromatic N) is 5. The fraction of sp³-hybridized carbons (Fsp3) is 0.391. The van der Waals surface area contributed by atoms with E-state index in [1.54, 1.807) is 6.07 Å². The molecule has 0 atom stereocenters. The third-order valence-corrected chi connectivity index (χ3v) is 6.08. The number of hydrogen-bond donors (Lipinski definition) is 0. The van der Waals surface area contributed by atoms with Gasteiger partial charge in [0.25, 0.3) is 5.91 Å². The van der Waals surface area contributed by atoms with Gasteiger partial charge in [-0.15, -0.1) is 0 Å². The molecule has 0 N–H and O–H groups in total. The van der Waals surface area contributed by atoms with Crippen molar-refractivity contribution in [3.05, 3.63) is 59.5 Å². The summed E-state index contributed by atoms with van der Waals surface area (Å²) in [7, 11) is 3.86. The van der Waals surface area contributed by atoms with Crippen LogP contribution >= 0.6 is 0 Å². The molecule has 8 heteroatoms. The largest absolute Gasteiger partial charge is 0.368 e. The van der Waals surface area contributed by atoms with Gasteiger partial charge in [-0.25, -0.2) is 9.97 Å². The molecule has 3 aromatic rings. The molecule has 2 aromatic heterocycles. The van der Waals surface area contributed by atoms with Gasteiger partial charge in [0, 0.05) is 45.0 Å². The lowest BCUT2D eigenvalue weighted by atomic mass is 9.83. The van der Waals surface area contributed by atoms with E-state index < -0.39 is 5.60 Å². The molecule has 5 rings (SSSR count). The third-order valence-electron chi connectivity index (χ3n) is 6.08. The second kappa shape index (κ2) is 7.77. The zero-order chi connectivity index (χ0) is 21.4. The SMILES string of the molecule is CN(C)c1ncc2c(n1)C1(CCN(C(=O)c3cc(-c4ccccc4)on3)CC1)OCC2. The van der Waals surface area contributed by atoms with Gasteiger partial charge in [0.2, 0.25) is 5.95 Å². The molecule has 1 amide bonds.